The molecule has 0 spiro atoms. The van der Waals surface area contributed by atoms with Crippen molar-refractivity contribution in [3.8, 4) is 22.5 Å². The normalized spacial score (nSPS) is 12.4. The minimum Gasteiger partial charge on any atom is -0.341 e. The zero-order valence-corrected chi connectivity index (χ0v) is 22.7. The van der Waals surface area contributed by atoms with Crippen LogP contribution in [0.15, 0.2) is 67.1 Å². The number of carbonyl (C=O) groups is 2. The Morgan fingerprint density at radius 1 is 0.892 bits per heavy atom. The topological polar surface area (TPSA) is 84.8 Å². The van der Waals surface area contributed by atoms with Crippen LogP contribution in [0.25, 0.3) is 22.5 Å². The van der Waals surface area contributed by atoms with Crippen LogP contribution in [0.4, 0.5) is 0 Å². The van der Waals surface area contributed by atoms with Crippen LogP contribution in [-0.4, -0.2) is 33.2 Å². The summed E-state index contributed by atoms with van der Waals surface area (Å²) in [5.41, 5.74) is 5.26. The Bertz CT molecular complexity index is 1350. The van der Waals surface area contributed by atoms with E-state index in [4.69, 9.17) is 0 Å². The molecule has 0 aliphatic carbocycles. The summed E-state index contributed by atoms with van der Waals surface area (Å²) in [5.74, 6) is 0.611. The Balaban J connectivity index is 1.39. The molecule has 6 nitrogen and oxygen atoms in total. The number of aldehydes is 1. The van der Waals surface area contributed by atoms with E-state index in [0.717, 1.165) is 33.5 Å². The molecule has 0 saturated heterocycles. The predicted molar refractivity (Wildman–Crippen MR) is 149 cm³/mol. The summed E-state index contributed by atoms with van der Waals surface area (Å²) < 4.78 is 0. The van der Waals surface area contributed by atoms with Crippen LogP contribution in [0.5, 0.6) is 0 Å². The van der Waals surface area contributed by atoms with Crippen LogP contribution in [0.3, 0.4) is 0 Å². The molecule has 0 saturated carbocycles. The average Bonchev–Trinajstić information content (AvgIpc) is 3.40. The molecular formula is C30H32N4O2S. The number of amides is 1. The first kappa shape index (κ1) is 26.4. The molecule has 4 rings (SSSR count). The number of carbonyl (C=O) groups excluding carboxylic acids is 2. The maximum Gasteiger partial charge on any atom is 0.263 e. The first-order valence-corrected chi connectivity index (χ1v) is 13.2. The number of thiazole rings is 1. The summed E-state index contributed by atoms with van der Waals surface area (Å²) >= 11 is 1.36. The van der Waals surface area contributed by atoms with Crippen LogP contribution in [0, 0.1) is 0 Å². The Kier molecular flexibility index (Phi) is 7.93. The summed E-state index contributed by atoms with van der Waals surface area (Å²) in [4.78, 5) is 38.1. The van der Waals surface area contributed by atoms with Gasteiger partial charge in [-0.25, -0.2) is 15.0 Å². The van der Waals surface area contributed by atoms with Gasteiger partial charge in [0.05, 0.1) is 17.2 Å². The standard InChI is InChI=1S/C30H32N4O2S/c1-19(2)29-33-17-26(37-29)28(36)34-25(18-35)14-20-6-8-22(9-7-20)27-31-15-23(16-32-27)21-10-12-24(13-11-21)30(3,4)5/h6-13,15-19,25H,14H2,1-5H3,(H,34,36). The van der Waals surface area contributed by atoms with Crippen LogP contribution in [0.2, 0.25) is 0 Å². The number of rotatable bonds is 8. The van der Waals surface area contributed by atoms with Crippen LogP contribution in [-0.2, 0) is 16.6 Å². The second-order valence-electron chi connectivity index (χ2n) is 10.5. The third-order valence-corrected chi connectivity index (χ3v) is 7.42. The van der Waals surface area contributed by atoms with Gasteiger partial charge in [-0.15, -0.1) is 11.3 Å². The van der Waals surface area contributed by atoms with E-state index in [1.165, 1.54) is 16.9 Å². The highest BCUT2D eigenvalue weighted by molar-refractivity contribution is 7.13. The van der Waals surface area contributed by atoms with Gasteiger partial charge in [-0.1, -0.05) is 83.1 Å². The summed E-state index contributed by atoms with van der Waals surface area (Å²) in [6, 6.07) is 15.6. The molecular weight excluding hydrogens is 480 g/mol. The van der Waals surface area contributed by atoms with E-state index < -0.39 is 6.04 Å². The van der Waals surface area contributed by atoms with Gasteiger partial charge in [0.1, 0.15) is 11.2 Å². The van der Waals surface area contributed by atoms with Gasteiger partial charge in [0.2, 0.25) is 0 Å². The third-order valence-electron chi connectivity index (χ3n) is 6.13. The molecule has 1 amide bonds. The van der Waals surface area contributed by atoms with E-state index >= 15 is 0 Å². The smallest absolute Gasteiger partial charge is 0.263 e. The van der Waals surface area contributed by atoms with E-state index in [-0.39, 0.29) is 17.2 Å². The van der Waals surface area contributed by atoms with Crippen molar-refractivity contribution < 1.29 is 9.59 Å². The zero-order chi connectivity index (χ0) is 26.6. The Labute approximate surface area is 222 Å². The molecule has 0 fully saturated rings. The summed E-state index contributed by atoms with van der Waals surface area (Å²) in [5, 5.41) is 3.70. The molecule has 0 radical (unpaired) electrons. The molecule has 0 aliphatic rings. The molecule has 190 valence electrons. The summed E-state index contributed by atoms with van der Waals surface area (Å²) in [6.07, 6.45) is 6.41. The number of hydrogen-bond acceptors (Lipinski definition) is 6. The molecule has 4 aromatic rings. The van der Waals surface area contributed by atoms with Crippen LogP contribution < -0.4 is 5.32 Å². The van der Waals surface area contributed by atoms with E-state index in [1.807, 2.05) is 50.5 Å². The van der Waals surface area contributed by atoms with Gasteiger partial charge in [0.15, 0.2) is 5.82 Å². The van der Waals surface area contributed by atoms with E-state index in [9.17, 15) is 9.59 Å². The lowest BCUT2D eigenvalue weighted by molar-refractivity contribution is -0.109. The fraction of sp³-hybridized carbons (Fsp3) is 0.300. The number of aromatic nitrogens is 3. The SMILES string of the molecule is CC(C)c1ncc(C(=O)NC(C=O)Cc2ccc(-c3ncc(-c4ccc(C(C)(C)C)cc4)cn3)cc2)s1. The van der Waals surface area contributed by atoms with Gasteiger partial charge in [0.25, 0.3) is 5.91 Å². The lowest BCUT2D eigenvalue weighted by Crippen LogP contribution is -2.37. The van der Waals surface area contributed by atoms with Crippen molar-refractivity contribution in [3.05, 3.63) is 88.1 Å². The van der Waals surface area contributed by atoms with Crippen molar-refractivity contribution in [3.63, 3.8) is 0 Å². The highest BCUT2D eigenvalue weighted by atomic mass is 32.1. The van der Waals surface area contributed by atoms with Crippen molar-refractivity contribution in [2.24, 2.45) is 0 Å². The minimum absolute atomic E-state index is 0.113. The maximum atomic E-state index is 12.6. The Morgan fingerprint density at radius 2 is 1.51 bits per heavy atom. The predicted octanol–water partition coefficient (Wildman–Crippen LogP) is 6.23. The van der Waals surface area contributed by atoms with Crippen molar-refractivity contribution in [1.82, 2.24) is 20.3 Å². The number of hydrogen-bond donors (Lipinski definition) is 1. The molecule has 0 aliphatic heterocycles. The van der Waals surface area contributed by atoms with E-state index in [1.54, 1.807) is 6.20 Å². The highest BCUT2D eigenvalue weighted by Gasteiger charge is 2.17. The summed E-state index contributed by atoms with van der Waals surface area (Å²) in [6.45, 7) is 10.7. The fourth-order valence-corrected chi connectivity index (χ4v) is 4.69. The quantitative estimate of drug-likeness (QED) is 0.283. The molecule has 2 aromatic carbocycles. The van der Waals surface area contributed by atoms with Gasteiger partial charge in [0, 0.05) is 29.4 Å². The lowest BCUT2D eigenvalue weighted by atomic mass is 9.86. The molecule has 1 N–H and O–H groups in total. The number of nitrogens with zero attached hydrogens (tertiary/aromatic N) is 3. The zero-order valence-electron chi connectivity index (χ0n) is 21.9. The van der Waals surface area contributed by atoms with E-state index in [2.05, 4.69) is 65.3 Å². The van der Waals surface area contributed by atoms with Crippen LogP contribution in [0.1, 0.15) is 66.3 Å². The fourth-order valence-electron chi connectivity index (χ4n) is 3.86. The van der Waals surface area contributed by atoms with Gasteiger partial charge in [-0.2, -0.15) is 0 Å². The molecule has 2 heterocycles. The van der Waals surface area contributed by atoms with Crippen molar-refractivity contribution in [2.45, 2.75) is 58.4 Å². The monoisotopic (exact) mass is 512 g/mol. The molecule has 7 heteroatoms. The molecule has 1 unspecified atom stereocenters. The minimum atomic E-state index is -0.622. The molecule has 2 aromatic heterocycles. The first-order chi connectivity index (χ1) is 17.6. The Morgan fingerprint density at radius 3 is 2.05 bits per heavy atom. The average molecular weight is 513 g/mol. The van der Waals surface area contributed by atoms with Gasteiger partial charge >= 0.3 is 0 Å². The van der Waals surface area contributed by atoms with Crippen molar-refractivity contribution in [2.75, 3.05) is 0 Å². The van der Waals surface area contributed by atoms with Gasteiger partial charge in [-0.3, -0.25) is 4.79 Å². The number of nitrogens with one attached hydrogen (secondary N) is 1. The first-order valence-electron chi connectivity index (χ1n) is 12.4. The maximum absolute atomic E-state index is 12.6. The van der Waals surface area contributed by atoms with Crippen molar-refractivity contribution >= 4 is 23.5 Å². The van der Waals surface area contributed by atoms with Crippen LogP contribution >= 0.6 is 11.3 Å². The lowest BCUT2D eigenvalue weighted by Gasteiger charge is -2.19. The van der Waals surface area contributed by atoms with E-state index in [0.29, 0.717) is 17.1 Å². The van der Waals surface area contributed by atoms with Gasteiger partial charge in [-0.05, 0) is 28.5 Å². The summed E-state index contributed by atoms with van der Waals surface area (Å²) in [7, 11) is 0. The van der Waals surface area contributed by atoms with Crippen molar-refractivity contribution in [1.29, 1.82) is 0 Å². The number of benzene rings is 2. The van der Waals surface area contributed by atoms with Gasteiger partial charge < -0.3 is 10.1 Å². The molecule has 1 atom stereocenters. The second-order valence-corrected chi connectivity index (χ2v) is 11.5. The molecule has 37 heavy (non-hydrogen) atoms. The second kappa shape index (κ2) is 11.1. The Hall–Kier alpha value is -3.71. The molecule has 0 bridgehead atoms. The highest BCUT2D eigenvalue weighted by Crippen LogP contribution is 2.26. The third kappa shape index (κ3) is 6.54. The largest absolute Gasteiger partial charge is 0.341 e.